The number of allylic oxidation sites excluding steroid dienone is 1. The third-order valence-corrected chi connectivity index (χ3v) is 10.1. The lowest BCUT2D eigenvalue weighted by atomic mass is 9.85. The summed E-state index contributed by atoms with van der Waals surface area (Å²) in [6.07, 6.45) is 1.31. The van der Waals surface area contributed by atoms with E-state index in [4.69, 9.17) is 0 Å². The zero-order chi connectivity index (χ0) is 38.8. The van der Waals surface area contributed by atoms with Crippen molar-refractivity contribution in [2.24, 2.45) is 0 Å². The van der Waals surface area contributed by atoms with Crippen LogP contribution in [0.1, 0.15) is 60.4 Å². The van der Waals surface area contributed by atoms with Crippen LogP contribution in [0.25, 0.3) is 28.1 Å². The van der Waals surface area contributed by atoms with Crippen LogP contribution < -0.4 is 0 Å². The summed E-state index contributed by atoms with van der Waals surface area (Å²) in [6.45, 7) is 0. The van der Waals surface area contributed by atoms with Crippen LogP contribution in [-0.4, -0.2) is 10.9 Å². The van der Waals surface area contributed by atoms with Crippen LogP contribution in [0.5, 0.6) is 0 Å². The van der Waals surface area contributed by atoms with Crippen molar-refractivity contribution in [3.63, 3.8) is 0 Å². The summed E-state index contributed by atoms with van der Waals surface area (Å²) in [7, 11) is 0. The maximum atomic E-state index is 13.7. The maximum absolute atomic E-state index is 13.7. The molecule has 272 valence electrons. The van der Waals surface area contributed by atoms with E-state index in [1.807, 2.05) is 109 Å². The largest absolute Gasteiger partial charge is 0.507 e. The van der Waals surface area contributed by atoms with Gasteiger partial charge in [-0.15, -0.1) is 0 Å². The van der Waals surface area contributed by atoms with E-state index >= 15 is 0 Å². The van der Waals surface area contributed by atoms with Gasteiger partial charge in [-0.05, 0) is 66.8 Å². The van der Waals surface area contributed by atoms with Gasteiger partial charge >= 0.3 is 0 Å². The molecule has 0 radical (unpaired) electrons. The number of aliphatic hydroxyl groups is 1. The molecule has 0 aliphatic carbocycles. The second-order valence-corrected chi connectivity index (χ2v) is 13.7. The number of benzene rings is 8. The summed E-state index contributed by atoms with van der Waals surface area (Å²) in [5.74, 6) is -0.368. The van der Waals surface area contributed by atoms with E-state index in [0.717, 1.165) is 66.8 Å². The van der Waals surface area contributed by atoms with Crippen LogP contribution in [0.15, 0.2) is 237 Å². The lowest BCUT2D eigenvalue weighted by Crippen LogP contribution is -2.00. The molecule has 0 aliphatic rings. The number of ketones is 1. The summed E-state index contributed by atoms with van der Waals surface area (Å²) in [5.41, 5.74) is 13.9. The van der Waals surface area contributed by atoms with Crippen molar-refractivity contribution in [1.29, 1.82) is 0 Å². The van der Waals surface area contributed by atoms with Crippen molar-refractivity contribution >= 4 is 33.8 Å². The molecule has 0 saturated heterocycles. The minimum atomic E-state index is -0.278. The lowest BCUT2D eigenvalue weighted by molar-refractivity contribution is 0.104. The Kier molecular flexibility index (Phi) is 11.0. The van der Waals surface area contributed by atoms with Crippen LogP contribution in [-0.2, 0) is 0 Å². The second-order valence-electron chi connectivity index (χ2n) is 13.7. The quantitative estimate of drug-likeness (QED) is 0.0622. The number of carbonyl (C=O) groups is 1. The van der Waals surface area contributed by atoms with Gasteiger partial charge in [-0.3, -0.25) is 4.79 Å². The van der Waals surface area contributed by atoms with Crippen LogP contribution in [0.4, 0.5) is 0 Å². The molecule has 0 bridgehead atoms. The van der Waals surface area contributed by atoms with Crippen LogP contribution >= 0.6 is 0 Å². The van der Waals surface area contributed by atoms with E-state index in [0.29, 0.717) is 11.1 Å². The standard InChI is InChI=1S/C55H40O2/c56-50(40-31-35-48(36-32-40)54(46-27-15-5-16-28-46)52(42-19-7-1-8-20-42)43-21-9-2-10-22-43)39-51(57)41-33-37-49(38-34-41)55(47-29-17-6-18-30-47)53(44-23-11-3-12-24-44)45-25-13-4-14-26-45/h1-39,56H/b50-39-. The first-order valence-electron chi connectivity index (χ1n) is 19.1. The summed E-state index contributed by atoms with van der Waals surface area (Å²) in [6, 6.07) is 77.8. The third-order valence-electron chi connectivity index (χ3n) is 10.1. The number of hydrogen-bond donors (Lipinski definition) is 1. The molecule has 0 atom stereocenters. The number of carbonyl (C=O) groups excluding carboxylic acids is 1. The molecule has 0 unspecified atom stereocenters. The molecule has 8 aromatic carbocycles. The van der Waals surface area contributed by atoms with Crippen molar-refractivity contribution in [1.82, 2.24) is 0 Å². The van der Waals surface area contributed by atoms with E-state index in [1.165, 1.54) is 6.08 Å². The number of hydrogen-bond acceptors (Lipinski definition) is 2. The highest BCUT2D eigenvalue weighted by Gasteiger charge is 2.18. The van der Waals surface area contributed by atoms with Gasteiger partial charge in [0.15, 0.2) is 5.78 Å². The molecule has 0 saturated carbocycles. The van der Waals surface area contributed by atoms with Crippen molar-refractivity contribution in [2.45, 2.75) is 0 Å². The van der Waals surface area contributed by atoms with E-state index in [2.05, 4.69) is 121 Å². The maximum Gasteiger partial charge on any atom is 0.189 e. The van der Waals surface area contributed by atoms with Gasteiger partial charge in [-0.2, -0.15) is 0 Å². The first-order chi connectivity index (χ1) is 28.1. The van der Waals surface area contributed by atoms with Crippen LogP contribution in [0.3, 0.4) is 0 Å². The fourth-order valence-corrected chi connectivity index (χ4v) is 7.35. The highest BCUT2D eigenvalue weighted by molar-refractivity contribution is 6.09. The van der Waals surface area contributed by atoms with Crippen molar-refractivity contribution in [2.75, 3.05) is 0 Å². The molecule has 8 aromatic rings. The van der Waals surface area contributed by atoms with E-state index in [9.17, 15) is 9.90 Å². The lowest BCUT2D eigenvalue weighted by Gasteiger charge is -2.18. The molecule has 8 rings (SSSR count). The first kappa shape index (κ1) is 36.4. The van der Waals surface area contributed by atoms with Gasteiger partial charge in [0.25, 0.3) is 0 Å². The Morgan fingerprint density at radius 3 is 0.702 bits per heavy atom. The fraction of sp³-hybridized carbons (Fsp3) is 0. The normalized spacial score (nSPS) is 11.1. The molecular formula is C55H40O2. The minimum absolute atomic E-state index is 0.0903. The predicted octanol–water partition coefficient (Wildman–Crippen LogP) is 13.5. The van der Waals surface area contributed by atoms with Gasteiger partial charge < -0.3 is 5.11 Å². The van der Waals surface area contributed by atoms with Crippen molar-refractivity contribution < 1.29 is 9.90 Å². The zero-order valence-electron chi connectivity index (χ0n) is 31.4. The highest BCUT2D eigenvalue weighted by atomic mass is 16.3. The molecule has 0 aromatic heterocycles. The number of rotatable bonds is 11. The van der Waals surface area contributed by atoms with Crippen LogP contribution in [0.2, 0.25) is 0 Å². The second kappa shape index (κ2) is 17.3. The molecule has 0 aliphatic heterocycles. The van der Waals surface area contributed by atoms with Crippen molar-refractivity contribution in [3.05, 3.63) is 292 Å². The summed E-state index contributed by atoms with van der Waals surface area (Å²) < 4.78 is 0. The molecule has 0 spiro atoms. The summed E-state index contributed by atoms with van der Waals surface area (Å²) in [5, 5.41) is 11.3. The highest BCUT2D eigenvalue weighted by Crippen LogP contribution is 2.38. The van der Waals surface area contributed by atoms with Gasteiger partial charge in [-0.1, -0.05) is 231 Å². The SMILES string of the molecule is O=C(/C=C(\O)c1ccc(C(=C(c2ccccc2)c2ccccc2)c2ccccc2)cc1)c1ccc(C(=C(c2ccccc2)c2ccccc2)c2ccccc2)cc1. The molecular weight excluding hydrogens is 693 g/mol. The Morgan fingerprint density at radius 1 is 0.263 bits per heavy atom. The monoisotopic (exact) mass is 732 g/mol. The third kappa shape index (κ3) is 8.27. The van der Waals surface area contributed by atoms with Gasteiger partial charge in [0.05, 0.1) is 0 Å². The summed E-state index contributed by atoms with van der Waals surface area (Å²) >= 11 is 0. The zero-order valence-corrected chi connectivity index (χ0v) is 31.4. The molecule has 0 fully saturated rings. The van der Waals surface area contributed by atoms with E-state index in [-0.39, 0.29) is 11.5 Å². The molecule has 0 amide bonds. The first-order valence-corrected chi connectivity index (χ1v) is 19.1. The average Bonchev–Trinajstić information content (AvgIpc) is 3.29. The Bertz CT molecular complexity index is 2580. The predicted molar refractivity (Wildman–Crippen MR) is 237 cm³/mol. The number of aliphatic hydroxyl groups excluding tert-OH is 1. The van der Waals surface area contributed by atoms with E-state index < -0.39 is 0 Å². The smallest absolute Gasteiger partial charge is 0.189 e. The topological polar surface area (TPSA) is 37.3 Å². The van der Waals surface area contributed by atoms with Gasteiger partial charge in [0.1, 0.15) is 5.76 Å². The van der Waals surface area contributed by atoms with Gasteiger partial charge in [0, 0.05) is 17.2 Å². The Balaban J connectivity index is 1.14. The molecule has 0 heterocycles. The average molecular weight is 733 g/mol. The minimum Gasteiger partial charge on any atom is -0.507 e. The summed E-state index contributed by atoms with van der Waals surface area (Å²) in [4.78, 5) is 13.7. The van der Waals surface area contributed by atoms with Crippen LogP contribution in [0, 0.1) is 0 Å². The Hall–Kier alpha value is -7.55. The fourth-order valence-electron chi connectivity index (χ4n) is 7.35. The van der Waals surface area contributed by atoms with Crippen molar-refractivity contribution in [3.8, 4) is 0 Å². The molecule has 57 heavy (non-hydrogen) atoms. The van der Waals surface area contributed by atoms with Gasteiger partial charge in [0.2, 0.25) is 0 Å². The molecule has 2 heteroatoms. The molecule has 2 nitrogen and oxygen atoms in total. The Morgan fingerprint density at radius 2 is 0.456 bits per heavy atom. The van der Waals surface area contributed by atoms with E-state index in [1.54, 1.807) is 0 Å². The van der Waals surface area contributed by atoms with Gasteiger partial charge in [-0.25, -0.2) is 0 Å². The molecule has 1 N–H and O–H groups in total. The Labute approximate surface area is 334 Å².